The van der Waals surface area contributed by atoms with E-state index >= 15 is 0 Å². The fourth-order valence-corrected chi connectivity index (χ4v) is 1.44. The topological polar surface area (TPSA) is 55.4 Å². The predicted octanol–water partition coefficient (Wildman–Crippen LogP) is 3.83. The molecule has 4 heteroatoms. The Hall–Kier alpha value is -0.900. The normalized spacial score (nSPS) is 9.71. The van der Waals surface area contributed by atoms with Gasteiger partial charge in [0.2, 0.25) is 5.91 Å². The van der Waals surface area contributed by atoms with Crippen LogP contribution in [0.5, 0.6) is 0 Å². The minimum Gasteiger partial charge on any atom is -0.380 e. The zero-order chi connectivity index (χ0) is 16.0. The molecule has 0 spiro atoms. The second-order valence-corrected chi connectivity index (χ2v) is 5.28. The number of ether oxygens (including phenoxy) is 1. The van der Waals surface area contributed by atoms with Gasteiger partial charge < -0.3 is 10.1 Å². The fourth-order valence-electron chi connectivity index (χ4n) is 1.44. The second kappa shape index (κ2) is 17.2. The number of Topliss-reactive ketones (excluding diaryl/α,β-unsaturated/α-hetero) is 1. The summed E-state index contributed by atoms with van der Waals surface area (Å²) in [7, 11) is 0. The molecule has 0 bridgehead atoms. The molecule has 0 heterocycles. The Morgan fingerprint density at radius 2 is 1.62 bits per heavy atom. The average Bonchev–Trinajstić information content (AvgIpc) is 2.38. The van der Waals surface area contributed by atoms with Crippen molar-refractivity contribution in [2.45, 2.75) is 68.2 Å². The Morgan fingerprint density at radius 1 is 1.05 bits per heavy atom. The van der Waals surface area contributed by atoms with Crippen LogP contribution < -0.4 is 5.32 Å². The molecule has 1 N–H and O–H groups in total. The van der Waals surface area contributed by atoms with Gasteiger partial charge in [-0.2, -0.15) is 0 Å². The first-order valence-electron chi connectivity index (χ1n) is 7.80. The summed E-state index contributed by atoms with van der Waals surface area (Å²) >= 11 is 0. The number of hydrogen-bond acceptors (Lipinski definition) is 3. The van der Waals surface area contributed by atoms with Crippen LogP contribution in [0.1, 0.15) is 68.2 Å². The van der Waals surface area contributed by atoms with Crippen LogP contribution in [0.2, 0.25) is 0 Å². The van der Waals surface area contributed by atoms with Crippen molar-refractivity contribution in [2.75, 3.05) is 19.8 Å². The van der Waals surface area contributed by atoms with Gasteiger partial charge in [0.05, 0.1) is 6.61 Å². The van der Waals surface area contributed by atoms with Crippen molar-refractivity contribution in [1.29, 1.82) is 0 Å². The first-order valence-corrected chi connectivity index (χ1v) is 7.80. The highest BCUT2D eigenvalue weighted by Crippen LogP contribution is 2.01. The summed E-state index contributed by atoms with van der Waals surface area (Å²) in [5, 5.41) is 2.80. The van der Waals surface area contributed by atoms with Crippen molar-refractivity contribution >= 4 is 11.7 Å². The lowest BCUT2D eigenvalue weighted by molar-refractivity contribution is -0.122. The van der Waals surface area contributed by atoms with E-state index in [1.165, 1.54) is 0 Å². The maximum Gasteiger partial charge on any atom is 0.220 e. The van der Waals surface area contributed by atoms with Crippen LogP contribution in [0.25, 0.3) is 0 Å². The molecule has 4 nitrogen and oxygen atoms in total. The summed E-state index contributed by atoms with van der Waals surface area (Å²) in [5.74, 6) is 0.848. The lowest BCUT2D eigenvalue weighted by Crippen LogP contribution is -2.28. The predicted molar refractivity (Wildman–Crippen MR) is 90.4 cm³/mol. The van der Waals surface area contributed by atoms with Gasteiger partial charge in [0.25, 0.3) is 0 Å². The third-order valence-corrected chi connectivity index (χ3v) is 2.52. The van der Waals surface area contributed by atoms with Gasteiger partial charge >= 0.3 is 0 Å². The monoisotopic (exact) mass is 303 g/mol. The summed E-state index contributed by atoms with van der Waals surface area (Å²) in [6, 6.07) is 0. The van der Waals surface area contributed by atoms with E-state index in [9.17, 15) is 9.59 Å². The van der Waals surface area contributed by atoms with Gasteiger partial charge in [0, 0.05) is 31.9 Å². The Balaban J connectivity index is -0.00000103. The number of carbonyl (C=O) groups excluding carboxylic acids is 2. The van der Waals surface area contributed by atoms with Crippen LogP contribution in [-0.2, 0) is 14.3 Å². The van der Waals surface area contributed by atoms with Gasteiger partial charge in [-0.25, -0.2) is 0 Å². The van der Waals surface area contributed by atoms with E-state index in [0.29, 0.717) is 38.5 Å². The number of nitrogens with one attached hydrogen (secondary N) is 1. The number of hydrogen-bond donors (Lipinski definition) is 1. The quantitative estimate of drug-likeness (QED) is 0.624. The molecule has 0 fully saturated rings. The van der Waals surface area contributed by atoms with Crippen molar-refractivity contribution in [3.63, 3.8) is 0 Å². The van der Waals surface area contributed by atoms with Gasteiger partial charge in [-0.15, -0.1) is 0 Å². The molecule has 0 aromatic heterocycles. The van der Waals surface area contributed by atoms with Crippen molar-refractivity contribution in [1.82, 2.24) is 5.32 Å². The largest absolute Gasteiger partial charge is 0.380 e. The van der Waals surface area contributed by atoms with Crippen molar-refractivity contribution in [2.24, 2.45) is 11.8 Å². The first-order chi connectivity index (χ1) is 9.43. The van der Waals surface area contributed by atoms with Crippen LogP contribution in [0, 0.1) is 11.8 Å². The van der Waals surface area contributed by atoms with Crippen LogP contribution in [0.4, 0.5) is 0 Å². The van der Waals surface area contributed by atoms with Crippen LogP contribution >= 0.6 is 0 Å². The Labute approximate surface area is 132 Å². The Bertz CT molecular complexity index is 250. The summed E-state index contributed by atoms with van der Waals surface area (Å²) in [6.07, 6.45) is 1.90. The Morgan fingerprint density at radius 3 is 2.10 bits per heavy atom. The van der Waals surface area contributed by atoms with E-state index in [0.717, 1.165) is 6.42 Å². The van der Waals surface area contributed by atoms with Crippen LogP contribution in [0.3, 0.4) is 0 Å². The number of ketones is 1. The summed E-state index contributed by atoms with van der Waals surface area (Å²) < 4.78 is 5.35. The maximum absolute atomic E-state index is 11.3. The lowest BCUT2D eigenvalue weighted by Gasteiger charge is -2.08. The number of amides is 1. The van der Waals surface area contributed by atoms with Crippen molar-refractivity contribution in [3.05, 3.63) is 0 Å². The van der Waals surface area contributed by atoms with Crippen molar-refractivity contribution in [3.8, 4) is 0 Å². The highest BCUT2D eigenvalue weighted by Gasteiger charge is 2.06. The molecular formula is C17H37NO3. The van der Waals surface area contributed by atoms with Gasteiger partial charge in [-0.3, -0.25) is 9.59 Å². The summed E-state index contributed by atoms with van der Waals surface area (Å²) in [5.41, 5.74) is 0. The SMILES string of the molecule is C.CC.CC(C)CC(=O)NCCOCCCC(=O)C(C)C. The molecule has 1 amide bonds. The summed E-state index contributed by atoms with van der Waals surface area (Å²) in [6.45, 7) is 13.5. The third-order valence-electron chi connectivity index (χ3n) is 2.52. The fraction of sp³-hybridized carbons (Fsp3) is 0.882. The molecule has 0 radical (unpaired) electrons. The van der Waals surface area contributed by atoms with Crippen LogP contribution in [-0.4, -0.2) is 31.4 Å². The molecule has 0 aromatic rings. The number of rotatable bonds is 10. The smallest absolute Gasteiger partial charge is 0.220 e. The van der Waals surface area contributed by atoms with Crippen LogP contribution in [0.15, 0.2) is 0 Å². The highest BCUT2D eigenvalue weighted by molar-refractivity contribution is 5.80. The van der Waals surface area contributed by atoms with Gasteiger partial charge in [0.15, 0.2) is 0 Å². The zero-order valence-corrected chi connectivity index (χ0v) is 14.1. The Kier molecular flexibility index (Phi) is 20.5. The molecule has 0 saturated heterocycles. The lowest BCUT2D eigenvalue weighted by atomic mass is 10.1. The first kappa shape index (κ1) is 25.1. The van der Waals surface area contributed by atoms with E-state index in [-0.39, 0.29) is 25.0 Å². The summed E-state index contributed by atoms with van der Waals surface area (Å²) in [4.78, 5) is 22.6. The minimum absolute atomic E-state index is 0. The number of carbonyl (C=O) groups is 2. The average molecular weight is 303 g/mol. The van der Waals surface area contributed by atoms with E-state index in [4.69, 9.17) is 4.74 Å². The molecule has 0 rings (SSSR count). The standard InChI is InChI=1S/C14H27NO3.C2H6.CH4/c1-11(2)10-14(17)15-7-9-18-8-5-6-13(16)12(3)4;1-2;/h11-12H,5-10H2,1-4H3,(H,15,17);1-2H3;1H4. The van der Waals surface area contributed by atoms with Crippen molar-refractivity contribution < 1.29 is 14.3 Å². The minimum atomic E-state index is 0. The molecule has 21 heavy (non-hydrogen) atoms. The maximum atomic E-state index is 11.3. The van der Waals surface area contributed by atoms with Gasteiger partial charge in [0.1, 0.15) is 5.78 Å². The highest BCUT2D eigenvalue weighted by atomic mass is 16.5. The van der Waals surface area contributed by atoms with E-state index in [1.54, 1.807) is 0 Å². The molecular weight excluding hydrogens is 266 g/mol. The molecule has 0 aromatic carbocycles. The third kappa shape index (κ3) is 19.1. The molecule has 0 aliphatic rings. The van der Waals surface area contributed by atoms with E-state index in [2.05, 4.69) is 5.32 Å². The van der Waals surface area contributed by atoms with Gasteiger partial charge in [-0.05, 0) is 12.3 Å². The van der Waals surface area contributed by atoms with E-state index < -0.39 is 0 Å². The zero-order valence-electron chi connectivity index (χ0n) is 14.1. The molecule has 128 valence electrons. The molecule has 0 unspecified atom stereocenters. The molecule has 0 aliphatic heterocycles. The van der Waals surface area contributed by atoms with Gasteiger partial charge in [-0.1, -0.05) is 49.0 Å². The van der Waals surface area contributed by atoms with E-state index in [1.807, 2.05) is 41.5 Å². The molecule has 0 atom stereocenters. The second-order valence-electron chi connectivity index (χ2n) is 5.28. The molecule has 0 aliphatic carbocycles. The molecule has 0 saturated carbocycles.